The van der Waals surface area contributed by atoms with Crippen LogP contribution in [0.5, 0.6) is 0 Å². The molecule has 6 heteroatoms. The van der Waals surface area contributed by atoms with Crippen molar-refractivity contribution in [3.05, 3.63) is 70.9 Å². The highest BCUT2D eigenvalue weighted by atomic mass is 16.2. The molecule has 28 heavy (non-hydrogen) atoms. The average molecular weight is 373 g/mol. The van der Waals surface area contributed by atoms with E-state index in [2.05, 4.69) is 5.32 Å². The maximum Gasteiger partial charge on any atom is 0.335 e. The fraction of sp³-hybridized carbons (Fsp3) is 0.136. The van der Waals surface area contributed by atoms with Crippen molar-refractivity contribution in [2.24, 2.45) is 7.05 Å². The number of aromatic nitrogens is 1. The highest BCUT2D eigenvalue weighted by Gasteiger charge is 2.37. The van der Waals surface area contributed by atoms with E-state index in [1.54, 1.807) is 18.2 Å². The first-order chi connectivity index (χ1) is 13.3. The first-order valence-corrected chi connectivity index (χ1v) is 8.89. The second-order valence-corrected chi connectivity index (χ2v) is 7.02. The smallest absolute Gasteiger partial charge is 0.335 e. The van der Waals surface area contributed by atoms with Crippen LogP contribution in [0.1, 0.15) is 16.7 Å². The van der Waals surface area contributed by atoms with Crippen molar-refractivity contribution in [1.29, 1.82) is 0 Å². The number of benzene rings is 2. The SMILES string of the molecule is Cc1cc(C)cc(N2C(=O)NC(=O)/C(=C\c3cn(C)c4ccccc34)C2=O)c1. The molecule has 4 amide bonds. The summed E-state index contributed by atoms with van der Waals surface area (Å²) >= 11 is 0. The fourth-order valence-corrected chi connectivity index (χ4v) is 3.62. The van der Waals surface area contributed by atoms with Gasteiger partial charge in [-0.05, 0) is 49.2 Å². The second kappa shape index (κ2) is 6.49. The standard InChI is InChI=1S/C22H19N3O3/c1-13-8-14(2)10-16(9-13)25-21(27)18(20(26)23-22(25)28)11-15-12-24(3)19-7-5-4-6-17(15)19/h4-12H,1-3H3,(H,23,26,28)/b18-11+. The fourth-order valence-electron chi connectivity index (χ4n) is 3.62. The van der Waals surface area contributed by atoms with E-state index in [0.29, 0.717) is 5.69 Å². The zero-order valence-corrected chi connectivity index (χ0v) is 15.8. The number of nitrogens with zero attached hydrogens (tertiary/aromatic N) is 2. The van der Waals surface area contributed by atoms with Gasteiger partial charge in [0.2, 0.25) is 0 Å². The summed E-state index contributed by atoms with van der Waals surface area (Å²) in [7, 11) is 1.90. The number of carbonyl (C=O) groups excluding carboxylic acids is 3. The van der Waals surface area contributed by atoms with Crippen LogP contribution in [0, 0.1) is 13.8 Å². The molecule has 140 valence electrons. The first kappa shape index (κ1) is 17.7. The summed E-state index contributed by atoms with van der Waals surface area (Å²) < 4.78 is 1.93. The minimum Gasteiger partial charge on any atom is -0.350 e. The number of anilines is 1. The molecule has 0 bridgehead atoms. The van der Waals surface area contributed by atoms with Gasteiger partial charge in [-0.1, -0.05) is 24.3 Å². The molecule has 0 saturated carbocycles. The van der Waals surface area contributed by atoms with Crippen LogP contribution < -0.4 is 10.2 Å². The summed E-state index contributed by atoms with van der Waals surface area (Å²) in [6, 6.07) is 12.4. The third-order valence-corrected chi connectivity index (χ3v) is 4.79. The zero-order valence-electron chi connectivity index (χ0n) is 15.8. The summed E-state index contributed by atoms with van der Waals surface area (Å²) in [5.74, 6) is -1.32. The lowest BCUT2D eigenvalue weighted by Gasteiger charge is -2.26. The Bertz CT molecular complexity index is 1170. The highest BCUT2D eigenvalue weighted by Crippen LogP contribution is 2.27. The zero-order chi connectivity index (χ0) is 20.0. The van der Waals surface area contributed by atoms with Crippen molar-refractivity contribution in [3.8, 4) is 0 Å². The molecular formula is C22H19N3O3. The van der Waals surface area contributed by atoms with E-state index in [-0.39, 0.29) is 5.57 Å². The second-order valence-electron chi connectivity index (χ2n) is 7.02. The van der Waals surface area contributed by atoms with Crippen LogP contribution in [0.3, 0.4) is 0 Å². The molecule has 1 aliphatic rings. The van der Waals surface area contributed by atoms with Crippen LogP contribution in [-0.4, -0.2) is 22.4 Å². The summed E-state index contributed by atoms with van der Waals surface area (Å²) in [5.41, 5.74) is 3.94. The van der Waals surface area contributed by atoms with E-state index in [9.17, 15) is 14.4 Å². The predicted molar refractivity (Wildman–Crippen MR) is 108 cm³/mol. The minimum atomic E-state index is -0.741. The lowest BCUT2D eigenvalue weighted by Crippen LogP contribution is -2.54. The minimum absolute atomic E-state index is 0.0740. The number of urea groups is 1. The molecule has 6 nitrogen and oxygen atoms in total. The molecule has 2 aromatic carbocycles. The highest BCUT2D eigenvalue weighted by molar-refractivity contribution is 6.39. The van der Waals surface area contributed by atoms with Crippen molar-refractivity contribution < 1.29 is 14.4 Å². The van der Waals surface area contributed by atoms with Crippen molar-refractivity contribution in [3.63, 3.8) is 0 Å². The molecule has 1 fully saturated rings. The quantitative estimate of drug-likeness (QED) is 0.552. The van der Waals surface area contributed by atoms with Crippen LogP contribution in [0.4, 0.5) is 10.5 Å². The Morgan fingerprint density at radius 3 is 2.36 bits per heavy atom. The molecule has 2 heterocycles. The normalized spacial score (nSPS) is 16.2. The number of barbiturate groups is 1. The first-order valence-electron chi connectivity index (χ1n) is 8.89. The molecule has 1 aliphatic heterocycles. The monoisotopic (exact) mass is 373 g/mol. The number of rotatable bonds is 2. The molecule has 0 unspecified atom stereocenters. The number of hydrogen-bond donors (Lipinski definition) is 1. The number of fused-ring (bicyclic) bond motifs is 1. The summed E-state index contributed by atoms with van der Waals surface area (Å²) in [5, 5.41) is 3.20. The molecule has 4 rings (SSSR count). The largest absolute Gasteiger partial charge is 0.350 e. The molecule has 3 aromatic rings. The number of hydrogen-bond acceptors (Lipinski definition) is 3. The molecule has 0 radical (unpaired) electrons. The van der Waals surface area contributed by atoms with E-state index < -0.39 is 17.8 Å². The third kappa shape index (κ3) is 2.89. The lowest BCUT2D eigenvalue weighted by atomic mass is 10.0. The van der Waals surface area contributed by atoms with Crippen molar-refractivity contribution in [2.75, 3.05) is 4.90 Å². The summed E-state index contributed by atoms with van der Waals surface area (Å²) in [6.07, 6.45) is 3.40. The Balaban J connectivity index is 1.82. The Hall–Kier alpha value is -3.67. The predicted octanol–water partition coefficient (Wildman–Crippen LogP) is 3.46. The lowest BCUT2D eigenvalue weighted by molar-refractivity contribution is -0.122. The Kier molecular flexibility index (Phi) is 4.11. The van der Waals surface area contributed by atoms with E-state index in [0.717, 1.165) is 32.5 Å². The third-order valence-electron chi connectivity index (χ3n) is 4.79. The Morgan fingerprint density at radius 1 is 0.964 bits per heavy atom. The number of imide groups is 2. The van der Waals surface area contributed by atoms with Crippen LogP contribution in [0.15, 0.2) is 54.2 Å². The van der Waals surface area contributed by atoms with Gasteiger partial charge in [-0.25, -0.2) is 9.69 Å². The van der Waals surface area contributed by atoms with Crippen LogP contribution in [-0.2, 0) is 16.6 Å². The van der Waals surface area contributed by atoms with Crippen LogP contribution in [0.25, 0.3) is 17.0 Å². The number of aryl methyl sites for hydroxylation is 3. The van der Waals surface area contributed by atoms with Crippen LogP contribution >= 0.6 is 0 Å². The van der Waals surface area contributed by atoms with E-state index in [1.807, 2.05) is 62.0 Å². The van der Waals surface area contributed by atoms with Gasteiger partial charge in [0.15, 0.2) is 0 Å². The van der Waals surface area contributed by atoms with Gasteiger partial charge in [0.05, 0.1) is 5.69 Å². The summed E-state index contributed by atoms with van der Waals surface area (Å²) in [6.45, 7) is 3.78. The van der Waals surface area contributed by atoms with E-state index in [1.165, 1.54) is 0 Å². The topological polar surface area (TPSA) is 71.4 Å². The Morgan fingerprint density at radius 2 is 1.64 bits per heavy atom. The van der Waals surface area contributed by atoms with Crippen LogP contribution in [0.2, 0.25) is 0 Å². The maximum atomic E-state index is 13.1. The molecule has 0 atom stereocenters. The van der Waals surface area contributed by atoms with Gasteiger partial charge in [0.25, 0.3) is 11.8 Å². The molecule has 1 N–H and O–H groups in total. The molecule has 1 aromatic heterocycles. The number of nitrogens with one attached hydrogen (secondary N) is 1. The van der Waals surface area contributed by atoms with Gasteiger partial charge >= 0.3 is 6.03 Å². The molecule has 0 spiro atoms. The van der Waals surface area contributed by atoms with Gasteiger partial charge in [-0.2, -0.15) is 0 Å². The number of para-hydroxylation sites is 1. The maximum absolute atomic E-state index is 13.1. The average Bonchev–Trinajstić information content (AvgIpc) is 2.94. The summed E-state index contributed by atoms with van der Waals surface area (Å²) in [4.78, 5) is 38.9. The van der Waals surface area contributed by atoms with Gasteiger partial charge in [-0.15, -0.1) is 0 Å². The molecule has 0 aliphatic carbocycles. The van der Waals surface area contributed by atoms with Gasteiger partial charge in [0.1, 0.15) is 5.57 Å². The number of carbonyl (C=O) groups is 3. The van der Waals surface area contributed by atoms with Crippen molar-refractivity contribution >= 4 is 40.5 Å². The molecular weight excluding hydrogens is 354 g/mol. The number of amides is 4. The Labute approximate surface area is 162 Å². The van der Waals surface area contributed by atoms with E-state index >= 15 is 0 Å². The molecule has 1 saturated heterocycles. The van der Waals surface area contributed by atoms with E-state index in [4.69, 9.17) is 0 Å². The van der Waals surface area contributed by atoms with Gasteiger partial charge in [-0.3, -0.25) is 14.9 Å². The van der Waals surface area contributed by atoms with Crippen molar-refractivity contribution in [2.45, 2.75) is 13.8 Å². The van der Waals surface area contributed by atoms with Crippen molar-refractivity contribution in [1.82, 2.24) is 9.88 Å². The van der Waals surface area contributed by atoms with Gasteiger partial charge in [0, 0.05) is 29.7 Å². The van der Waals surface area contributed by atoms with Gasteiger partial charge < -0.3 is 4.57 Å².